The molecule has 0 spiro atoms. The van der Waals surface area contributed by atoms with Crippen LogP contribution >= 0.6 is 0 Å². The number of amides is 1. The van der Waals surface area contributed by atoms with E-state index in [2.05, 4.69) is 16.9 Å². The number of hydrogen-bond donors (Lipinski definition) is 4. The van der Waals surface area contributed by atoms with Crippen LogP contribution in [0.3, 0.4) is 0 Å². The molecule has 0 aromatic heterocycles. The van der Waals surface area contributed by atoms with E-state index in [1.54, 1.807) is 36.4 Å². The summed E-state index contributed by atoms with van der Waals surface area (Å²) in [5, 5.41) is 27.8. The van der Waals surface area contributed by atoms with Crippen molar-refractivity contribution in [3.8, 4) is 34.5 Å². The fourth-order valence-electron chi connectivity index (χ4n) is 4.88. The molecule has 310 valence electrons. The number of aromatic hydroxyl groups is 2. The van der Waals surface area contributed by atoms with Crippen molar-refractivity contribution in [2.24, 2.45) is 0 Å². The van der Waals surface area contributed by atoms with E-state index in [0.717, 1.165) is 63.5 Å². The Morgan fingerprint density at radius 3 is 1.40 bits per heavy atom. The smallest absolute Gasteiger partial charge is 0.231 e. The molecular weight excluding hydrogens is 711 g/mol. The van der Waals surface area contributed by atoms with Gasteiger partial charge in [0.15, 0.2) is 0 Å². The fraction of sp³-hybridized carbons (Fsp3) is 0.457. The Hall–Kier alpha value is -4.34. The first-order valence-electron chi connectivity index (χ1n) is 19.7. The quantitative estimate of drug-likeness (QED) is 0.119. The molecule has 4 N–H and O–H groups in total. The van der Waals surface area contributed by atoms with Gasteiger partial charge in [-0.2, -0.15) is 0 Å². The summed E-state index contributed by atoms with van der Waals surface area (Å²) in [5.74, 6) is 3.23. The number of hydrogen-bond acceptors (Lipinski definition) is 7. The average molecular weight is 784 g/mol. The zero-order chi connectivity index (χ0) is 43.1. The number of carbonyl (C=O) groups excluding carboxylic acids is 1. The molecular formula is C46H73NO7S. The molecule has 0 aliphatic heterocycles. The van der Waals surface area contributed by atoms with Crippen LogP contribution in [0.4, 0.5) is 0 Å². The van der Waals surface area contributed by atoms with Crippen LogP contribution in [-0.2, 0) is 28.6 Å². The van der Waals surface area contributed by atoms with Crippen LogP contribution in [0, 0.1) is 34.6 Å². The Labute approximate surface area is 336 Å². The van der Waals surface area contributed by atoms with E-state index in [0.29, 0.717) is 12.2 Å². The van der Waals surface area contributed by atoms with Crippen molar-refractivity contribution in [1.29, 1.82) is 0 Å². The van der Waals surface area contributed by atoms with Crippen molar-refractivity contribution in [1.82, 2.24) is 4.72 Å². The van der Waals surface area contributed by atoms with Gasteiger partial charge in [0.1, 0.15) is 45.5 Å². The lowest BCUT2D eigenvalue weighted by molar-refractivity contribution is -0.119. The highest BCUT2D eigenvalue weighted by atomic mass is 32.2. The molecule has 4 rings (SSSR count). The van der Waals surface area contributed by atoms with E-state index >= 15 is 0 Å². The summed E-state index contributed by atoms with van der Waals surface area (Å²) in [6, 6.07) is 20.0. The molecule has 0 fully saturated rings. The second-order valence-electron chi connectivity index (χ2n) is 11.1. The summed E-state index contributed by atoms with van der Waals surface area (Å²) < 4.78 is 25.2. The molecule has 55 heavy (non-hydrogen) atoms. The van der Waals surface area contributed by atoms with Crippen LogP contribution in [0.1, 0.15) is 121 Å². The summed E-state index contributed by atoms with van der Waals surface area (Å²) >= 11 is 0. The molecule has 4 aromatic rings. The minimum Gasteiger partial charge on any atom is -0.508 e. The maximum absolute atomic E-state index is 11.6. The van der Waals surface area contributed by atoms with E-state index in [9.17, 15) is 19.2 Å². The van der Waals surface area contributed by atoms with Gasteiger partial charge in [0.05, 0.1) is 0 Å². The summed E-state index contributed by atoms with van der Waals surface area (Å²) in [7, 11) is -1.33. The molecule has 0 radical (unpaired) electrons. The minimum absolute atomic E-state index is 0.192. The molecule has 1 atom stereocenters. The number of aliphatic hydroxyl groups is 1. The van der Waals surface area contributed by atoms with E-state index in [4.69, 9.17) is 14.6 Å². The van der Waals surface area contributed by atoms with Gasteiger partial charge in [-0.15, -0.1) is 0 Å². The number of phenols is 2. The number of phenolic OH excluding ortho intramolecular Hbond substituents is 2. The highest BCUT2D eigenvalue weighted by Crippen LogP contribution is 2.33. The molecule has 0 aliphatic carbocycles. The van der Waals surface area contributed by atoms with Gasteiger partial charge in [-0.1, -0.05) is 93.5 Å². The first-order chi connectivity index (χ1) is 26.4. The SMILES string of the molecule is CC.CC.CC.CC.CC.Cc1cc(CCC(=O)NS(C)=O)cc(C)c1Oc1ccc(O)cc1.Cc1cc(Oc2c(C)cc(CCCO)cc2C)ccc1O. The Morgan fingerprint density at radius 2 is 1.00 bits per heavy atom. The Kier molecular flexibility index (Phi) is 33.0. The molecule has 1 unspecified atom stereocenters. The van der Waals surface area contributed by atoms with Crippen LogP contribution in [0.15, 0.2) is 66.7 Å². The molecule has 4 aromatic carbocycles. The van der Waals surface area contributed by atoms with Crippen molar-refractivity contribution >= 4 is 16.9 Å². The van der Waals surface area contributed by atoms with Crippen LogP contribution in [0.25, 0.3) is 0 Å². The number of rotatable bonds is 11. The van der Waals surface area contributed by atoms with Gasteiger partial charge in [-0.25, -0.2) is 4.21 Å². The van der Waals surface area contributed by atoms with E-state index in [-0.39, 0.29) is 30.4 Å². The minimum atomic E-state index is -1.33. The summed E-state index contributed by atoms with van der Waals surface area (Å²) in [6.07, 6.45) is 3.94. The number of carbonyl (C=O) groups is 1. The Bertz CT molecular complexity index is 1590. The maximum Gasteiger partial charge on any atom is 0.231 e. The van der Waals surface area contributed by atoms with Gasteiger partial charge < -0.3 is 24.8 Å². The lowest BCUT2D eigenvalue weighted by Gasteiger charge is -2.14. The first-order valence-corrected chi connectivity index (χ1v) is 21.3. The Morgan fingerprint density at radius 1 is 0.600 bits per heavy atom. The molecule has 0 aliphatic rings. The highest BCUT2D eigenvalue weighted by molar-refractivity contribution is 7.82. The molecule has 0 saturated heterocycles. The molecule has 0 heterocycles. The van der Waals surface area contributed by atoms with E-state index in [1.807, 2.05) is 122 Å². The zero-order valence-electron chi connectivity index (χ0n) is 36.8. The van der Waals surface area contributed by atoms with Crippen LogP contribution in [0.5, 0.6) is 34.5 Å². The standard InChI is InChI=1S/C18H21NO4S.C18H22O3.5C2H6/c1-12-10-14(4-9-17(21)19-24(3)22)11-13(2)18(12)23-16-7-5-15(20)6-8-16;1-12-11-16(6-7-17(12)20)21-18-13(2)9-15(5-4-8-19)10-14(18)3;5*1-2/h5-8,10-11,20H,4,9H2,1-3H3,(H,19,21);6-7,9-11,19-20H,4-5,8H2,1-3H3;5*1-2H3. The van der Waals surface area contributed by atoms with Crippen molar-refractivity contribution in [3.63, 3.8) is 0 Å². The van der Waals surface area contributed by atoms with Crippen molar-refractivity contribution < 1.29 is 33.8 Å². The van der Waals surface area contributed by atoms with Gasteiger partial charge in [-0.05, 0) is 135 Å². The lowest BCUT2D eigenvalue weighted by Crippen LogP contribution is -2.24. The Balaban J connectivity index is -0.000000805. The summed E-state index contributed by atoms with van der Waals surface area (Å²) in [4.78, 5) is 11.6. The number of nitrogens with one attached hydrogen (secondary N) is 1. The lowest BCUT2D eigenvalue weighted by atomic mass is 10.0. The monoisotopic (exact) mass is 784 g/mol. The molecule has 9 heteroatoms. The summed E-state index contributed by atoms with van der Waals surface area (Å²) in [5.41, 5.74) is 7.13. The highest BCUT2D eigenvalue weighted by Gasteiger charge is 2.11. The fourth-order valence-corrected chi connectivity index (χ4v) is 5.31. The molecule has 0 saturated carbocycles. The number of aryl methyl sites for hydroxylation is 7. The van der Waals surface area contributed by atoms with E-state index in [1.165, 1.54) is 11.8 Å². The van der Waals surface area contributed by atoms with Crippen molar-refractivity contribution in [2.75, 3.05) is 12.9 Å². The van der Waals surface area contributed by atoms with Gasteiger partial charge in [0.2, 0.25) is 5.91 Å². The van der Waals surface area contributed by atoms with Gasteiger partial charge in [0, 0.05) is 19.3 Å². The third-order valence-corrected chi connectivity index (χ3v) is 7.52. The molecule has 1 amide bonds. The van der Waals surface area contributed by atoms with Gasteiger partial charge >= 0.3 is 0 Å². The zero-order valence-corrected chi connectivity index (χ0v) is 37.6. The molecule has 8 nitrogen and oxygen atoms in total. The summed E-state index contributed by atoms with van der Waals surface area (Å²) in [6.45, 7) is 30.0. The second-order valence-corrected chi connectivity index (χ2v) is 12.2. The largest absolute Gasteiger partial charge is 0.508 e. The predicted molar refractivity (Wildman–Crippen MR) is 236 cm³/mol. The third kappa shape index (κ3) is 22.0. The van der Waals surface area contributed by atoms with Crippen molar-refractivity contribution in [2.45, 2.75) is 130 Å². The number of ether oxygens (including phenoxy) is 2. The van der Waals surface area contributed by atoms with Crippen LogP contribution < -0.4 is 14.2 Å². The van der Waals surface area contributed by atoms with Crippen LogP contribution in [0.2, 0.25) is 0 Å². The maximum atomic E-state index is 11.6. The van der Waals surface area contributed by atoms with E-state index < -0.39 is 11.0 Å². The van der Waals surface area contributed by atoms with Gasteiger partial charge in [-0.3, -0.25) is 9.52 Å². The normalized spacial score (nSPS) is 9.76. The number of benzene rings is 4. The number of aliphatic hydroxyl groups excluding tert-OH is 1. The van der Waals surface area contributed by atoms with Crippen molar-refractivity contribution in [3.05, 3.63) is 106 Å². The third-order valence-electron chi connectivity index (χ3n) is 7.01. The first kappa shape index (κ1) is 55.0. The van der Waals surface area contributed by atoms with Gasteiger partial charge in [0.25, 0.3) is 0 Å². The second kappa shape index (κ2) is 33.0. The van der Waals surface area contributed by atoms with Crippen LogP contribution in [-0.4, -0.2) is 38.3 Å². The molecule has 0 bridgehead atoms. The predicted octanol–water partition coefficient (Wildman–Crippen LogP) is 12.3. The average Bonchev–Trinajstić information content (AvgIpc) is 3.19. The topological polar surface area (TPSA) is 125 Å².